The highest BCUT2D eigenvalue weighted by molar-refractivity contribution is 5.33. The molecule has 1 aromatic carbocycles. The molecule has 0 unspecified atom stereocenters. The van der Waals surface area contributed by atoms with Crippen LogP contribution in [-0.4, -0.2) is 5.48 Å². The van der Waals surface area contributed by atoms with Gasteiger partial charge in [0.25, 0.3) is 0 Å². The second-order valence-corrected chi connectivity index (χ2v) is 3.87. The van der Waals surface area contributed by atoms with Gasteiger partial charge in [0.1, 0.15) is 0 Å². The zero-order valence-electron chi connectivity index (χ0n) is 10.0. The van der Waals surface area contributed by atoms with Crippen molar-refractivity contribution in [1.29, 1.82) is 0 Å². The van der Waals surface area contributed by atoms with E-state index in [1.54, 1.807) is 0 Å². The number of hydrogen-bond donors (Lipinski definition) is 1. The van der Waals surface area contributed by atoms with E-state index in [0.717, 1.165) is 19.3 Å². The summed E-state index contributed by atoms with van der Waals surface area (Å²) in [5.41, 5.74) is 8.98. The van der Waals surface area contributed by atoms with Gasteiger partial charge in [0, 0.05) is 5.54 Å². The molecule has 15 heavy (non-hydrogen) atoms. The van der Waals surface area contributed by atoms with Crippen molar-refractivity contribution in [2.75, 3.05) is 0 Å². The molecule has 1 aromatic rings. The zero-order valence-corrected chi connectivity index (χ0v) is 10.0. The first-order valence-electron chi connectivity index (χ1n) is 5.55. The largest absolute Gasteiger partial charge is 0.412 e. The van der Waals surface area contributed by atoms with E-state index in [2.05, 4.69) is 45.0 Å². The van der Waals surface area contributed by atoms with Gasteiger partial charge in [0.2, 0.25) is 0 Å². The molecule has 0 fully saturated rings. The van der Waals surface area contributed by atoms with E-state index in [4.69, 9.17) is 5.73 Å². The fraction of sp³-hybridized carbons (Fsp3) is 0.538. The summed E-state index contributed by atoms with van der Waals surface area (Å²) < 4.78 is 0. The molecule has 0 saturated heterocycles. The van der Waals surface area contributed by atoms with Crippen LogP contribution >= 0.6 is 0 Å². The minimum Gasteiger partial charge on any atom is -0.412 e. The van der Waals surface area contributed by atoms with Crippen molar-refractivity contribution in [2.24, 2.45) is 5.73 Å². The number of rotatable bonds is 4. The van der Waals surface area contributed by atoms with Gasteiger partial charge >= 0.3 is 0 Å². The van der Waals surface area contributed by atoms with Crippen LogP contribution in [0.2, 0.25) is 0 Å². The van der Waals surface area contributed by atoms with Crippen molar-refractivity contribution in [2.45, 2.75) is 45.6 Å². The van der Waals surface area contributed by atoms with Gasteiger partial charge in [-0.25, -0.2) is 0 Å². The minimum absolute atomic E-state index is 0. The third kappa shape index (κ3) is 2.80. The molecule has 2 nitrogen and oxygen atoms in total. The summed E-state index contributed by atoms with van der Waals surface area (Å²) in [7, 11) is 0. The summed E-state index contributed by atoms with van der Waals surface area (Å²) in [6, 6.07) is 8.53. The Kier molecular flexibility index (Phi) is 5.55. The van der Waals surface area contributed by atoms with Crippen LogP contribution in [0.3, 0.4) is 0 Å². The molecule has 86 valence electrons. The van der Waals surface area contributed by atoms with E-state index < -0.39 is 0 Å². The molecule has 0 atom stereocenters. The first-order valence-corrected chi connectivity index (χ1v) is 5.55. The molecule has 4 N–H and O–H groups in total. The third-order valence-electron chi connectivity index (χ3n) is 3.20. The van der Waals surface area contributed by atoms with Gasteiger partial charge in [-0.1, -0.05) is 45.0 Å². The Morgan fingerprint density at radius 1 is 1.07 bits per heavy atom. The van der Waals surface area contributed by atoms with E-state index in [1.807, 2.05) is 0 Å². The zero-order chi connectivity index (χ0) is 10.6. The van der Waals surface area contributed by atoms with Gasteiger partial charge in [0.05, 0.1) is 0 Å². The maximum atomic E-state index is 6.39. The normalized spacial score (nSPS) is 10.9. The van der Waals surface area contributed by atoms with Gasteiger partial charge in [-0.3, -0.25) is 0 Å². The summed E-state index contributed by atoms with van der Waals surface area (Å²) in [5, 5.41) is 0. The van der Waals surface area contributed by atoms with Crippen molar-refractivity contribution in [3.63, 3.8) is 0 Å². The van der Waals surface area contributed by atoms with Crippen molar-refractivity contribution in [3.8, 4) is 0 Å². The van der Waals surface area contributed by atoms with Crippen molar-refractivity contribution >= 4 is 0 Å². The van der Waals surface area contributed by atoms with Crippen molar-refractivity contribution in [3.05, 3.63) is 35.4 Å². The van der Waals surface area contributed by atoms with Gasteiger partial charge in [-0.2, -0.15) is 0 Å². The average Bonchev–Trinajstić information content (AvgIpc) is 2.28. The van der Waals surface area contributed by atoms with Crippen molar-refractivity contribution in [1.82, 2.24) is 0 Å². The summed E-state index contributed by atoms with van der Waals surface area (Å²) in [5.74, 6) is 0. The van der Waals surface area contributed by atoms with Gasteiger partial charge in [0.15, 0.2) is 0 Å². The quantitative estimate of drug-likeness (QED) is 0.813. The van der Waals surface area contributed by atoms with E-state index in [-0.39, 0.29) is 11.0 Å². The second-order valence-electron chi connectivity index (χ2n) is 3.87. The smallest absolute Gasteiger partial charge is 0.0407 e. The number of nitrogens with two attached hydrogens (primary N) is 1. The lowest BCUT2D eigenvalue weighted by Gasteiger charge is -2.29. The third-order valence-corrected chi connectivity index (χ3v) is 3.20. The maximum absolute atomic E-state index is 6.39. The van der Waals surface area contributed by atoms with Gasteiger partial charge < -0.3 is 11.2 Å². The Hall–Kier alpha value is -0.860. The summed E-state index contributed by atoms with van der Waals surface area (Å²) in [6.45, 7) is 6.51. The van der Waals surface area contributed by atoms with Crippen LogP contribution < -0.4 is 5.73 Å². The molecule has 2 heteroatoms. The lowest BCUT2D eigenvalue weighted by molar-refractivity contribution is 0.409. The molecular formula is C13H23NO. The molecule has 0 heterocycles. The predicted molar refractivity (Wildman–Crippen MR) is 65.9 cm³/mol. The van der Waals surface area contributed by atoms with E-state index in [0.29, 0.717) is 0 Å². The topological polar surface area (TPSA) is 57.5 Å². The molecule has 0 aromatic heterocycles. The van der Waals surface area contributed by atoms with Crippen LogP contribution in [-0.2, 0) is 12.0 Å². The predicted octanol–water partition coefficient (Wildman–Crippen LogP) is 2.40. The SMILES string of the molecule is CCc1ccccc1C(N)(CC)CC.O. The lowest BCUT2D eigenvalue weighted by atomic mass is 9.82. The van der Waals surface area contributed by atoms with Crippen LogP contribution in [0.4, 0.5) is 0 Å². The first-order chi connectivity index (χ1) is 6.68. The van der Waals surface area contributed by atoms with Crippen LogP contribution in [0.15, 0.2) is 24.3 Å². The van der Waals surface area contributed by atoms with E-state index in [1.165, 1.54) is 11.1 Å². The molecule has 0 aliphatic carbocycles. The Morgan fingerprint density at radius 2 is 1.60 bits per heavy atom. The Bertz CT molecular complexity index is 292. The van der Waals surface area contributed by atoms with Gasteiger partial charge in [-0.15, -0.1) is 0 Å². The second kappa shape index (κ2) is 5.89. The Balaban J connectivity index is 0.00000196. The lowest BCUT2D eigenvalue weighted by Crippen LogP contribution is -2.36. The fourth-order valence-corrected chi connectivity index (χ4v) is 1.95. The molecule has 0 radical (unpaired) electrons. The molecule has 0 aliphatic rings. The Labute approximate surface area is 92.8 Å². The standard InChI is InChI=1S/C13H21N.H2O/c1-4-11-9-7-8-10-12(11)13(14,5-2)6-3;/h7-10H,4-6,14H2,1-3H3;1H2. The molecule has 1 rings (SSSR count). The first kappa shape index (κ1) is 14.1. The van der Waals surface area contributed by atoms with Crippen LogP contribution in [0, 0.1) is 0 Å². The van der Waals surface area contributed by atoms with Crippen LogP contribution in [0.1, 0.15) is 44.7 Å². The summed E-state index contributed by atoms with van der Waals surface area (Å²) in [6.07, 6.45) is 3.07. The molecule has 0 bridgehead atoms. The van der Waals surface area contributed by atoms with Crippen molar-refractivity contribution < 1.29 is 5.48 Å². The molecular weight excluding hydrogens is 186 g/mol. The molecule has 0 amide bonds. The molecule has 0 spiro atoms. The Morgan fingerprint density at radius 3 is 2.07 bits per heavy atom. The summed E-state index contributed by atoms with van der Waals surface area (Å²) >= 11 is 0. The highest BCUT2D eigenvalue weighted by Gasteiger charge is 2.24. The van der Waals surface area contributed by atoms with Crippen LogP contribution in [0.5, 0.6) is 0 Å². The van der Waals surface area contributed by atoms with Gasteiger partial charge in [-0.05, 0) is 30.4 Å². The maximum Gasteiger partial charge on any atom is 0.0407 e. The fourth-order valence-electron chi connectivity index (χ4n) is 1.95. The number of hydrogen-bond acceptors (Lipinski definition) is 1. The molecule has 0 aliphatic heterocycles. The van der Waals surface area contributed by atoms with E-state index >= 15 is 0 Å². The number of benzene rings is 1. The average molecular weight is 209 g/mol. The monoisotopic (exact) mass is 209 g/mol. The molecule has 0 saturated carbocycles. The highest BCUT2D eigenvalue weighted by atomic mass is 16.0. The van der Waals surface area contributed by atoms with E-state index in [9.17, 15) is 0 Å². The highest BCUT2D eigenvalue weighted by Crippen LogP contribution is 2.28. The minimum atomic E-state index is -0.132. The number of aryl methyl sites for hydroxylation is 1. The summed E-state index contributed by atoms with van der Waals surface area (Å²) in [4.78, 5) is 0. The van der Waals surface area contributed by atoms with Crippen LogP contribution in [0.25, 0.3) is 0 Å².